The number of anilines is 1. The second kappa shape index (κ2) is 2.74. The Morgan fingerprint density at radius 2 is 2.36 bits per heavy atom. The molecule has 0 saturated heterocycles. The third-order valence-electron chi connectivity index (χ3n) is 1.35. The molecule has 0 saturated carbocycles. The van der Waals surface area contributed by atoms with Crippen molar-refractivity contribution in [2.45, 2.75) is 13.8 Å². The van der Waals surface area contributed by atoms with Crippen LogP contribution in [0.25, 0.3) is 0 Å². The Balaban J connectivity index is 2.85. The van der Waals surface area contributed by atoms with Crippen molar-refractivity contribution in [1.82, 2.24) is 9.97 Å². The van der Waals surface area contributed by atoms with Crippen molar-refractivity contribution in [3.63, 3.8) is 0 Å². The first-order valence-electron chi connectivity index (χ1n) is 3.46. The van der Waals surface area contributed by atoms with Gasteiger partial charge in [-0.2, -0.15) is 0 Å². The zero-order valence-electron chi connectivity index (χ0n) is 6.59. The van der Waals surface area contributed by atoms with Gasteiger partial charge in [-0.1, -0.05) is 13.8 Å². The summed E-state index contributed by atoms with van der Waals surface area (Å²) in [5.41, 5.74) is 5.35. The molecule has 0 aliphatic heterocycles. The van der Waals surface area contributed by atoms with Gasteiger partial charge in [-0.25, -0.2) is 4.98 Å². The van der Waals surface area contributed by atoms with E-state index < -0.39 is 0 Å². The van der Waals surface area contributed by atoms with E-state index >= 15 is 0 Å². The normalized spacial score (nSPS) is 10.5. The van der Waals surface area contributed by atoms with Gasteiger partial charge in [0.1, 0.15) is 5.82 Å². The van der Waals surface area contributed by atoms with Crippen LogP contribution in [0.4, 0.5) is 5.82 Å². The standard InChI is InChI=1S/C7H11N3O/c1-4(2)6(11)7-9-3-5(8)10-7/h3-4H,8H2,1-2H3,(H,9,10). The summed E-state index contributed by atoms with van der Waals surface area (Å²) in [6.45, 7) is 3.64. The van der Waals surface area contributed by atoms with Gasteiger partial charge in [0.2, 0.25) is 5.78 Å². The fourth-order valence-corrected chi connectivity index (χ4v) is 0.734. The first kappa shape index (κ1) is 7.78. The van der Waals surface area contributed by atoms with E-state index in [0.717, 1.165) is 0 Å². The Labute approximate surface area is 64.8 Å². The zero-order valence-corrected chi connectivity index (χ0v) is 6.59. The second-order valence-corrected chi connectivity index (χ2v) is 2.71. The van der Waals surface area contributed by atoms with Gasteiger partial charge in [0, 0.05) is 5.92 Å². The molecule has 0 aliphatic rings. The maximum absolute atomic E-state index is 11.2. The lowest BCUT2D eigenvalue weighted by Crippen LogP contribution is -2.09. The molecule has 0 radical (unpaired) electrons. The molecule has 0 amide bonds. The van der Waals surface area contributed by atoms with Gasteiger partial charge in [-0.3, -0.25) is 4.79 Å². The third-order valence-corrected chi connectivity index (χ3v) is 1.35. The number of hydrogen-bond donors (Lipinski definition) is 2. The number of rotatable bonds is 2. The Morgan fingerprint density at radius 3 is 2.73 bits per heavy atom. The minimum atomic E-state index is -0.0412. The van der Waals surface area contributed by atoms with E-state index in [1.165, 1.54) is 6.20 Å². The number of nitrogens with one attached hydrogen (secondary N) is 1. The molecule has 0 fully saturated rings. The number of aromatic amines is 1. The van der Waals surface area contributed by atoms with Gasteiger partial charge in [-0.15, -0.1) is 0 Å². The monoisotopic (exact) mass is 153 g/mol. The van der Waals surface area contributed by atoms with Crippen LogP contribution in [-0.4, -0.2) is 15.8 Å². The third kappa shape index (κ3) is 1.58. The van der Waals surface area contributed by atoms with Crippen molar-refractivity contribution in [1.29, 1.82) is 0 Å². The fourth-order valence-electron chi connectivity index (χ4n) is 0.734. The van der Waals surface area contributed by atoms with Crippen molar-refractivity contribution in [3.8, 4) is 0 Å². The summed E-state index contributed by atoms with van der Waals surface area (Å²) in [6.07, 6.45) is 1.44. The van der Waals surface area contributed by atoms with E-state index in [0.29, 0.717) is 11.6 Å². The number of nitrogen functional groups attached to an aromatic ring is 1. The van der Waals surface area contributed by atoms with Crippen LogP contribution >= 0.6 is 0 Å². The molecule has 0 unspecified atom stereocenters. The van der Waals surface area contributed by atoms with Crippen LogP contribution in [0.1, 0.15) is 24.5 Å². The number of carbonyl (C=O) groups is 1. The molecular weight excluding hydrogens is 142 g/mol. The average Bonchev–Trinajstić information content (AvgIpc) is 2.34. The Morgan fingerprint density at radius 1 is 1.73 bits per heavy atom. The van der Waals surface area contributed by atoms with Crippen molar-refractivity contribution in [2.24, 2.45) is 5.92 Å². The summed E-state index contributed by atoms with van der Waals surface area (Å²) >= 11 is 0. The lowest BCUT2D eigenvalue weighted by molar-refractivity contribution is 0.0930. The summed E-state index contributed by atoms with van der Waals surface area (Å²) < 4.78 is 0. The van der Waals surface area contributed by atoms with Gasteiger partial charge in [0.15, 0.2) is 5.82 Å². The average molecular weight is 153 g/mol. The number of nitrogens with two attached hydrogens (primary N) is 1. The predicted molar refractivity (Wildman–Crippen MR) is 42.2 cm³/mol. The number of H-pyrrole nitrogens is 1. The molecule has 0 bridgehead atoms. The van der Waals surface area contributed by atoms with Crippen LogP contribution in [0.5, 0.6) is 0 Å². The number of carbonyl (C=O) groups excluding carboxylic acids is 1. The fraction of sp³-hybridized carbons (Fsp3) is 0.429. The second-order valence-electron chi connectivity index (χ2n) is 2.71. The van der Waals surface area contributed by atoms with Gasteiger partial charge < -0.3 is 10.7 Å². The highest BCUT2D eigenvalue weighted by atomic mass is 16.1. The zero-order chi connectivity index (χ0) is 8.43. The lowest BCUT2D eigenvalue weighted by atomic mass is 10.1. The highest BCUT2D eigenvalue weighted by Crippen LogP contribution is 2.05. The van der Waals surface area contributed by atoms with E-state index in [1.54, 1.807) is 0 Å². The molecule has 4 heteroatoms. The number of hydrogen-bond acceptors (Lipinski definition) is 3. The smallest absolute Gasteiger partial charge is 0.200 e. The first-order valence-corrected chi connectivity index (χ1v) is 3.46. The molecule has 3 N–H and O–H groups in total. The minimum Gasteiger partial charge on any atom is -0.384 e. The number of nitrogens with zero attached hydrogens (tertiary/aromatic N) is 1. The Hall–Kier alpha value is -1.32. The molecule has 1 heterocycles. The molecule has 0 aromatic carbocycles. The van der Waals surface area contributed by atoms with E-state index in [-0.39, 0.29) is 11.7 Å². The number of aromatic nitrogens is 2. The van der Waals surface area contributed by atoms with Crippen LogP contribution in [0.15, 0.2) is 6.20 Å². The predicted octanol–water partition coefficient (Wildman–Crippen LogP) is 0.831. The van der Waals surface area contributed by atoms with E-state index in [1.807, 2.05) is 13.8 Å². The summed E-state index contributed by atoms with van der Waals surface area (Å²) in [4.78, 5) is 17.7. The number of ketones is 1. The molecule has 1 rings (SSSR count). The Bertz CT molecular complexity index is 264. The lowest BCUT2D eigenvalue weighted by Gasteiger charge is -1.97. The summed E-state index contributed by atoms with van der Waals surface area (Å²) in [7, 11) is 0. The Kier molecular flexibility index (Phi) is 1.94. The maximum atomic E-state index is 11.2. The summed E-state index contributed by atoms with van der Waals surface area (Å²) in [5, 5.41) is 0. The SMILES string of the molecule is CC(C)C(=O)c1ncc(N)[nH]1. The topological polar surface area (TPSA) is 71.8 Å². The molecule has 0 aliphatic carbocycles. The van der Waals surface area contributed by atoms with Crippen LogP contribution in [0.2, 0.25) is 0 Å². The first-order chi connectivity index (χ1) is 5.11. The molecule has 1 aromatic rings. The van der Waals surface area contributed by atoms with Gasteiger partial charge in [0.25, 0.3) is 0 Å². The molecule has 1 aromatic heterocycles. The van der Waals surface area contributed by atoms with Crippen molar-refractivity contribution < 1.29 is 4.79 Å². The highest BCUT2D eigenvalue weighted by molar-refractivity contribution is 5.94. The quantitative estimate of drug-likeness (QED) is 0.618. The van der Waals surface area contributed by atoms with E-state index in [4.69, 9.17) is 5.73 Å². The largest absolute Gasteiger partial charge is 0.384 e. The molecule has 11 heavy (non-hydrogen) atoms. The minimum absolute atomic E-state index is 0.0123. The molecule has 0 atom stereocenters. The van der Waals surface area contributed by atoms with Gasteiger partial charge in [0.05, 0.1) is 6.20 Å². The summed E-state index contributed by atoms with van der Waals surface area (Å²) in [5.74, 6) is 0.716. The van der Waals surface area contributed by atoms with Crippen LogP contribution < -0.4 is 5.73 Å². The van der Waals surface area contributed by atoms with Crippen molar-refractivity contribution >= 4 is 11.6 Å². The van der Waals surface area contributed by atoms with E-state index in [9.17, 15) is 4.79 Å². The molecule has 4 nitrogen and oxygen atoms in total. The van der Waals surface area contributed by atoms with Crippen LogP contribution in [-0.2, 0) is 0 Å². The van der Waals surface area contributed by atoms with Crippen LogP contribution in [0.3, 0.4) is 0 Å². The van der Waals surface area contributed by atoms with Crippen molar-refractivity contribution in [3.05, 3.63) is 12.0 Å². The number of imidazole rings is 1. The van der Waals surface area contributed by atoms with Gasteiger partial charge in [-0.05, 0) is 0 Å². The maximum Gasteiger partial charge on any atom is 0.200 e. The van der Waals surface area contributed by atoms with E-state index in [2.05, 4.69) is 9.97 Å². The van der Waals surface area contributed by atoms with Crippen LogP contribution in [0, 0.1) is 5.92 Å². The highest BCUT2D eigenvalue weighted by Gasteiger charge is 2.12. The molecule has 60 valence electrons. The summed E-state index contributed by atoms with van der Waals surface area (Å²) in [6, 6.07) is 0. The number of Topliss-reactive ketones (excluding diaryl/α,β-unsaturated/α-hetero) is 1. The van der Waals surface area contributed by atoms with Crippen molar-refractivity contribution in [2.75, 3.05) is 5.73 Å². The molecular formula is C7H11N3O. The molecule has 0 spiro atoms. The van der Waals surface area contributed by atoms with Gasteiger partial charge >= 0.3 is 0 Å².